The summed E-state index contributed by atoms with van der Waals surface area (Å²) in [7, 11) is 0. The largest absolute Gasteiger partial charge is 0.508 e. The van der Waals surface area contributed by atoms with E-state index in [1.54, 1.807) is 18.3 Å². The van der Waals surface area contributed by atoms with Crippen molar-refractivity contribution >= 4 is 11.8 Å². The topological polar surface area (TPSA) is 81.7 Å². The van der Waals surface area contributed by atoms with Gasteiger partial charge in [-0.25, -0.2) is 0 Å². The lowest BCUT2D eigenvalue weighted by Crippen LogP contribution is -2.40. The number of nitrogens with one attached hydrogen (secondary N) is 2. The van der Waals surface area contributed by atoms with E-state index in [1.807, 2.05) is 30.9 Å². The number of nitrogens with zero attached hydrogens (tertiary/aromatic N) is 1. The molecule has 1 aromatic rings. The van der Waals surface area contributed by atoms with Crippen molar-refractivity contribution in [3.8, 4) is 5.75 Å². The molecule has 2 atom stereocenters. The van der Waals surface area contributed by atoms with Crippen LogP contribution in [0.4, 0.5) is 0 Å². The molecule has 1 saturated heterocycles. The molecule has 2 unspecified atom stereocenters. The Morgan fingerprint density at radius 2 is 2.08 bits per heavy atom. The van der Waals surface area contributed by atoms with Crippen LogP contribution in [0, 0.1) is 5.92 Å². The van der Waals surface area contributed by atoms with Crippen LogP contribution in [-0.2, 0) is 15.0 Å². The van der Waals surface area contributed by atoms with Gasteiger partial charge >= 0.3 is 0 Å². The normalized spacial score (nSPS) is 28.7. The first-order valence-electron chi connectivity index (χ1n) is 9.01. The molecule has 6 nitrogen and oxygen atoms in total. The number of allylic oxidation sites excluding steroid dienone is 1. The molecule has 3 aliphatic rings. The van der Waals surface area contributed by atoms with E-state index in [2.05, 4.69) is 10.6 Å². The third-order valence-corrected chi connectivity index (χ3v) is 5.76. The van der Waals surface area contributed by atoms with E-state index >= 15 is 0 Å². The van der Waals surface area contributed by atoms with Gasteiger partial charge in [-0.3, -0.25) is 9.59 Å². The minimum atomic E-state index is -0.265. The second-order valence-corrected chi connectivity index (χ2v) is 7.42. The summed E-state index contributed by atoms with van der Waals surface area (Å²) in [6.45, 7) is 5.12. The maximum absolute atomic E-state index is 13.1. The summed E-state index contributed by atoms with van der Waals surface area (Å²) in [6, 6.07) is 7.31. The highest BCUT2D eigenvalue weighted by Crippen LogP contribution is 2.59. The van der Waals surface area contributed by atoms with Crippen molar-refractivity contribution in [1.82, 2.24) is 15.5 Å². The van der Waals surface area contributed by atoms with Crippen LogP contribution in [0.15, 0.2) is 47.4 Å². The van der Waals surface area contributed by atoms with Gasteiger partial charge in [0.25, 0.3) is 11.8 Å². The minimum absolute atomic E-state index is 0.00491. The van der Waals surface area contributed by atoms with Crippen molar-refractivity contribution in [3.05, 3.63) is 53.0 Å². The second-order valence-electron chi connectivity index (χ2n) is 7.42. The number of hydrogen-bond donors (Lipinski definition) is 3. The lowest BCUT2D eigenvalue weighted by atomic mass is 9.95. The highest BCUT2D eigenvalue weighted by Gasteiger charge is 2.61. The molecule has 0 aromatic heterocycles. The van der Waals surface area contributed by atoms with E-state index in [0.29, 0.717) is 36.7 Å². The third-order valence-electron chi connectivity index (χ3n) is 5.76. The predicted molar refractivity (Wildman–Crippen MR) is 96.8 cm³/mol. The number of carbonyl (C=O) groups excluding carboxylic acids is 2. The summed E-state index contributed by atoms with van der Waals surface area (Å²) in [5, 5.41) is 15.2. The molecule has 1 saturated carbocycles. The molecule has 1 aromatic carbocycles. The summed E-state index contributed by atoms with van der Waals surface area (Å²) in [6.07, 6.45) is 3.17. The van der Waals surface area contributed by atoms with Gasteiger partial charge in [0.2, 0.25) is 0 Å². The molecule has 1 aliphatic carbocycles. The molecule has 6 heteroatoms. The Morgan fingerprint density at radius 1 is 1.35 bits per heavy atom. The van der Waals surface area contributed by atoms with Gasteiger partial charge in [0, 0.05) is 36.0 Å². The minimum Gasteiger partial charge on any atom is -0.508 e. The smallest absolute Gasteiger partial charge is 0.272 e. The number of hydrogen-bond acceptors (Lipinski definition) is 4. The van der Waals surface area contributed by atoms with Gasteiger partial charge in [-0.15, -0.1) is 0 Å². The molecule has 2 heterocycles. The lowest BCUT2D eigenvalue weighted by molar-refractivity contribution is -0.127. The van der Waals surface area contributed by atoms with Crippen LogP contribution >= 0.6 is 0 Å². The fourth-order valence-electron chi connectivity index (χ4n) is 4.25. The van der Waals surface area contributed by atoms with Gasteiger partial charge in [-0.2, -0.15) is 0 Å². The van der Waals surface area contributed by atoms with E-state index in [0.717, 1.165) is 12.1 Å². The van der Waals surface area contributed by atoms with Gasteiger partial charge in [0.15, 0.2) is 0 Å². The summed E-state index contributed by atoms with van der Waals surface area (Å²) in [5.41, 5.74) is 2.87. The quantitative estimate of drug-likeness (QED) is 0.723. The first-order valence-corrected chi connectivity index (χ1v) is 9.01. The third kappa shape index (κ3) is 2.57. The molecule has 2 fully saturated rings. The fourth-order valence-corrected chi connectivity index (χ4v) is 4.25. The monoisotopic (exact) mass is 353 g/mol. The average molecular weight is 353 g/mol. The van der Waals surface area contributed by atoms with Crippen LogP contribution < -0.4 is 10.6 Å². The number of amides is 2. The Bertz CT molecular complexity index is 840. The highest BCUT2D eigenvalue weighted by molar-refractivity contribution is 6.05. The highest BCUT2D eigenvalue weighted by atomic mass is 16.3. The summed E-state index contributed by atoms with van der Waals surface area (Å²) in [4.78, 5) is 27.2. The van der Waals surface area contributed by atoms with Crippen LogP contribution in [0.1, 0.15) is 32.3 Å². The number of piperidine rings is 1. The van der Waals surface area contributed by atoms with E-state index in [-0.39, 0.29) is 23.0 Å². The molecule has 0 spiro atoms. The number of fused-ring (bicyclic) bond motifs is 1. The van der Waals surface area contributed by atoms with E-state index in [1.165, 1.54) is 5.56 Å². The average Bonchev–Trinajstić information content (AvgIpc) is 3.20. The van der Waals surface area contributed by atoms with Crippen LogP contribution in [-0.4, -0.2) is 34.9 Å². The standard InChI is InChI=1S/C20H23N3O3/c1-3-16(17-18(25)21-9-12(2)22-17)19(26)23-10-14-8-20(14,11-23)13-4-6-15(24)7-5-13/h4-7,9,14,22,24H,3,8,10-11H2,1-2H3,(H,21,25)/b17-16+. The lowest BCUT2D eigenvalue weighted by Gasteiger charge is -2.25. The zero-order valence-corrected chi connectivity index (χ0v) is 15.0. The van der Waals surface area contributed by atoms with E-state index in [9.17, 15) is 14.7 Å². The molecule has 3 N–H and O–H groups in total. The molecule has 0 bridgehead atoms. The number of rotatable bonds is 3. The van der Waals surface area contributed by atoms with Crippen molar-refractivity contribution in [2.24, 2.45) is 5.92 Å². The first-order chi connectivity index (χ1) is 12.4. The van der Waals surface area contributed by atoms with Crippen LogP contribution in [0.3, 0.4) is 0 Å². The maximum Gasteiger partial charge on any atom is 0.272 e. The van der Waals surface area contributed by atoms with Gasteiger partial charge in [-0.05, 0) is 43.4 Å². The Labute approximate surface area is 152 Å². The molecule has 4 rings (SSSR count). The van der Waals surface area contributed by atoms with Gasteiger partial charge in [0.05, 0.1) is 0 Å². The number of benzene rings is 1. The number of likely N-dealkylation sites (tertiary alicyclic amines) is 1. The zero-order chi connectivity index (χ0) is 18.5. The zero-order valence-electron chi connectivity index (χ0n) is 15.0. The Balaban J connectivity index is 1.57. The Kier molecular flexibility index (Phi) is 3.79. The molecular formula is C20H23N3O3. The summed E-state index contributed by atoms with van der Waals surface area (Å²) < 4.78 is 0. The first kappa shape index (κ1) is 16.7. The SMILES string of the molecule is CC/C(C(=O)N1CC2CC2(c2ccc(O)cc2)C1)=C1\NC(C)=CNC1=O. The molecule has 26 heavy (non-hydrogen) atoms. The van der Waals surface area contributed by atoms with Crippen molar-refractivity contribution < 1.29 is 14.7 Å². The number of phenolic OH excluding ortho intramolecular Hbond substituents is 1. The van der Waals surface area contributed by atoms with Crippen molar-refractivity contribution in [2.75, 3.05) is 13.1 Å². The molecule has 136 valence electrons. The van der Waals surface area contributed by atoms with Crippen molar-refractivity contribution in [3.63, 3.8) is 0 Å². The molecule has 2 aliphatic heterocycles. The van der Waals surface area contributed by atoms with Gasteiger partial charge in [0.1, 0.15) is 11.4 Å². The molecular weight excluding hydrogens is 330 g/mol. The van der Waals surface area contributed by atoms with Gasteiger partial charge < -0.3 is 20.6 Å². The van der Waals surface area contributed by atoms with E-state index < -0.39 is 0 Å². The fraction of sp³-hybridized carbons (Fsp3) is 0.400. The summed E-state index contributed by atoms with van der Waals surface area (Å²) in [5.74, 6) is 0.376. The van der Waals surface area contributed by atoms with Crippen molar-refractivity contribution in [2.45, 2.75) is 32.1 Å². The maximum atomic E-state index is 13.1. The Morgan fingerprint density at radius 3 is 2.77 bits per heavy atom. The predicted octanol–water partition coefficient (Wildman–Crippen LogP) is 1.74. The number of aromatic hydroxyl groups is 1. The molecule has 2 amide bonds. The van der Waals surface area contributed by atoms with Gasteiger partial charge in [-0.1, -0.05) is 19.1 Å². The van der Waals surface area contributed by atoms with Crippen LogP contribution in [0.5, 0.6) is 5.75 Å². The van der Waals surface area contributed by atoms with E-state index in [4.69, 9.17) is 0 Å². The van der Waals surface area contributed by atoms with Crippen LogP contribution in [0.25, 0.3) is 0 Å². The number of phenols is 1. The Hall–Kier alpha value is -2.76. The second kappa shape index (κ2) is 5.90. The van der Waals surface area contributed by atoms with Crippen molar-refractivity contribution in [1.29, 1.82) is 0 Å². The van der Waals surface area contributed by atoms with Crippen LogP contribution in [0.2, 0.25) is 0 Å². The molecule has 0 radical (unpaired) electrons. The summed E-state index contributed by atoms with van der Waals surface area (Å²) >= 11 is 0. The number of carbonyl (C=O) groups is 2.